The van der Waals surface area contributed by atoms with E-state index in [0.717, 1.165) is 12.3 Å². The monoisotopic (exact) mass is 242 g/mol. The van der Waals surface area contributed by atoms with Gasteiger partial charge in [0.1, 0.15) is 0 Å². The predicted molar refractivity (Wildman–Crippen MR) is 74.6 cm³/mol. The fourth-order valence-corrected chi connectivity index (χ4v) is 2.01. The van der Waals surface area contributed by atoms with E-state index in [0.29, 0.717) is 4.99 Å². The molecule has 0 atom stereocenters. The van der Waals surface area contributed by atoms with Crippen molar-refractivity contribution in [1.82, 2.24) is 4.90 Å². The molecule has 0 aliphatic heterocycles. The van der Waals surface area contributed by atoms with Crippen molar-refractivity contribution in [2.45, 2.75) is 46.5 Å². The molecule has 1 saturated carbocycles. The summed E-state index contributed by atoms with van der Waals surface area (Å²) in [5, 5.41) is 0. The number of rotatable bonds is 8. The third-order valence-corrected chi connectivity index (χ3v) is 4.16. The minimum absolute atomic E-state index is 0.0221. The SMILES string of the molecule is CCN(CCCC(C)(C)C(N)=S)CC1CC1. The van der Waals surface area contributed by atoms with Crippen molar-refractivity contribution in [2.24, 2.45) is 17.1 Å². The highest BCUT2D eigenvalue weighted by Crippen LogP contribution is 2.30. The van der Waals surface area contributed by atoms with Crippen LogP contribution in [0.5, 0.6) is 0 Å². The first-order valence-corrected chi connectivity index (χ1v) is 6.89. The summed E-state index contributed by atoms with van der Waals surface area (Å²) in [7, 11) is 0. The number of hydrogen-bond acceptors (Lipinski definition) is 2. The van der Waals surface area contributed by atoms with E-state index in [1.165, 1.54) is 38.9 Å². The first-order chi connectivity index (χ1) is 7.45. The van der Waals surface area contributed by atoms with Gasteiger partial charge in [-0.3, -0.25) is 0 Å². The van der Waals surface area contributed by atoms with E-state index >= 15 is 0 Å². The lowest BCUT2D eigenvalue weighted by molar-refractivity contribution is 0.260. The molecule has 0 radical (unpaired) electrons. The predicted octanol–water partition coefficient (Wildman–Crippen LogP) is 2.81. The molecule has 2 N–H and O–H groups in total. The van der Waals surface area contributed by atoms with E-state index in [1.807, 2.05) is 0 Å². The molecule has 0 saturated heterocycles. The van der Waals surface area contributed by atoms with Crippen LogP contribution in [0.4, 0.5) is 0 Å². The first kappa shape index (κ1) is 13.9. The second-order valence-electron chi connectivity index (χ2n) is 5.69. The quantitative estimate of drug-likeness (QED) is 0.664. The Morgan fingerprint density at radius 1 is 1.44 bits per heavy atom. The Hall–Kier alpha value is -0.150. The van der Waals surface area contributed by atoms with E-state index in [4.69, 9.17) is 18.0 Å². The molecule has 94 valence electrons. The van der Waals surface area contributed by atoms with Crippen LogP contribution in [0.1, 0.15) is 46.5 Å². The average Bonchev–Trinajstić information content (AvgIpc) is 2.99. The molecule has 1 rings (SSSR count). The minimum atomic E-state index is 0.0221. The molecule has 2 nitrogen and oxygen atoms in total. The maximum absolute atomic E-state index is 5.73. The number of hydrogen-bond donors (Lipinski definition) is 1. The average molecular weight is 242 g/mol. The van der Waals surface area contributed by atoms with Crippen LogP contribution in [0, 0.1) is 11.3 Å². The zero-order valence-electron chi connectivity index (χ0n) is 11.0. The molecule has 0 aromatic heterocycles. The smallest absolute Gasteiger partial charge is 0.0784 e. The van der Waals surface area contributed by atoms with Gasteiger partial charge in [0.15, 0.2) is 0 Å². The molecular formula is C13H26N2S. The number of nitrogens with zero attached hydrogens (tertiary/aromatic N) is 1. The van der Waals surface area contributed by atoms with E-state index < -0.39 is 0 Å². The molecule has 0 aromatic carbocycles. The van der Waals surface area contributed by atoms with Crippen molar-refractivity contribution in [3.63, 3.8) is 0 Å². The largest absolute Gasteiger partial charge is 0.393 e. The molecule has 0 amide bonds. The number of nitrogens with two attached hydrogens (primary N) is 1. The molecule has 0 bridgehead atoms. The molecule has 1 aliphatic rings. The third kappa shape index (κ3) is 4.79. The van der Waals surface area contributed by atoms with Gasteiger partial charge in [-0.05, 0) is 44.7 Å². The summed E-state index contributed by atoms with van der Waals surface area (Å²) in [5.41, 5.74) is 5.75. The van der Waals surface area contributed by atoms with Gasteiger partial charge in [0.25, 0.3) is 0 Å². The van der Waals surface area contributed by atoms with Crippen LogP contribution in [0.15, 0.2) is 0 Å². The zero-order valence-corrected chi connectivity index (χ0v) is 11.8. The van der Waals surface area contributed by atoms with Crippen molar-refractivity contribution in [2.75, 3.05) is 19.6 Å². The van der Waals surface area contributed by atoms with Gasteiger partial charge in [0, 0.05) is 12.0 Å². The Morgan fingerprint density at radius 3 is 2.50 bits per heavy atom. The van der Waals surface area contributed by atoms with Crippen LogP contribution in [0.2, 0.25) is 0 Å². The fraction of sp³-hybridized carbons (Fsp3) is 0.923. The van der Waals surface area contributed by atoms with Crippen LogP contribution in [0.3, 0.4) is 0 Å². The van der Waals surface area contributed by atoms with Gasteiger partial charge < -0.3 is 10.6 Å². The molecule has 16 heavy (non-hydrogen) atoms. The lowest BCUT2D eigenvalue weighted by Crippen LogP contribution is -2.32. The molecule has 0 heterocycles. The van der Waals surface area contributed by atoms with Crippen LogP contribution in [-0.2, 0) is 0 Å². The highest BCUT2D eigenvalue weighted by Gasteiger charge is 2.24. The normalized spacial score (nSPS) is 16.8. The summed E-state index contributed by atoms with van der Waals surface area (Å²) in [5.74, 6) is 0.989. The van der Waals surface area contributed by atoms with Gasteiger partial charge >= 0.3 is 0 Å². The molecular weight excluding hydrogens is 216 g/mol. The Morgan fingerprint density at radius 2 is 2.06 bits per heavy atom. The Balaban J connectivity index is 2.19. The van der Waals surface area contributed by atoms with Gasteiger partial charge in [-0.2, -0.15) is 0 Å². The van der Waals surface area contributed by atoms with Crippen molar-refractivity contribution >= 4 is 17.2 Å². The molecule has 3 heteroatoms. The van der Waals surface area contributed by atoms with E-state index in [9.17, 15) is 0 Å². The van der Waals surface area contributed by atoms with Crippen LogP contribution < -0.4 is 5.73 Å². The van der Waals surface area contributed by atoms with Crippen molar-refractivity contribution in [3.05, 3.63) is 0 Å². The highest BCUT2D eigenvalue weighted by atomic mass is 32.1. The van der Waals surface area contributed by atoms with Gasteiger partial charge in [-0.25, -0.2) is 0 Å². The number of thiocarbonyl (C=S) groups is 1. The fourth-order valence-electron chi connectivity index (χ4n) is 1.91. The standard InChI is InChI=1S/C13H26N2S/c1-4-15(10-11-6-7-11)9-5-8-13(2,3)12(14)16/h11H,4-10H2,1-3H3,(H2,14,16). The van der Waals surface area contributed by atoms with Gasteiger partial charge in [-0.1, -0.05) is 33.0 Å². The minimum Gasteiger partial charge on any atom is -0.393 e. The maximum Gasteiger partial charge on any atom is 0.0784 e. The topological polar surface area (TPSA) is 29.3 Å². The van der Waals surface area contributed by atoms with Gasteiger partial charge in [0.05, 0.1) is 4.99 Å². The van der Waals surface area contributed by atoms with E-state index in [-0.39, 0.29) is 5.41 Å². The Labute approximate surface area is 106 Å². The summed E-state index contributed by atoms with van der Waals surface area (Å²) in [6, 6.07) is 0. The van der Waals surface area contributed by atoms with Gasteiger partial charge in [-0.15, -0.1) is 0 Å². The highest BCUT2D eigenvalue weighted by molar-refractivity contribution is 7.80. The second kappa shape index (κ2) is 5.97. The molecule has 1 fully saturated rings. The summed E-state index contributed by atoms with van der Waals surface area (Å²) < 4.78 is 0. The summed E-state index contributed by atoms with van der Waals surface area (Å²) in [4.78, 5) is 3.21. The zero-order chi connectivity index (χ0) is 12.2. The summed E-state index contributed by atoms with van der Waals surface area (Å²) >= 11 is 5.08. The first-order valence-electron chi connectivity index (χ1n) is 6.48. The lowest BCUT2D eigenvalue weighted by Gasteiger charge is -2.25. The van der Waals surface area contributed by atoms with Crippen LogP contribution >= 0.6 is 12.2 Å². The van der Waals surface area contributed by atoms with Crippen molar-refractivity contribution < 1.29 is 0 Å². The maximum atomic E-state index is 5.73. The van der Waals surface area contributed by atoms with Crippen molar-refractivity contribution in [1.29, 1.82) is 0 Å². The van der Waals surface area contributed by atoms with E-state index in [2.05, 4.69) is 25.7 Å². The summed E-state index contributed by atoms with van der Waals surface area (Å²) in [6.45, 7) is 10.2. The summed E-state index contributed by atoms with van der Waals surface area (Å²) in [6.07, 6.45) is 5.18. The molecule has 0 unspecified atom stereocenters. The lowest BCUT2D eigenvalue weighted by atomic mass is 9.88. The van der Waals surface area contributed by atoms with Crippen molar-refractivity contribution in [3.8, 4) is 0 Å². The van der Waals surface area contributed by atoms with E-state index in [1.54, 1.807) is 0 Å². The second-order valence-corrected chi connectivity index (χ2v) is 6.13. The van der Waals surface area contributed by atoms with Crippen LogP contribution in [0.25, 0.3) is 0 Å². The van der Waals surface area contributed by atoms with Crippen LogP contribution in [-0.4, -0.2) is 29.5 Å². The Bertz CT molecular complexity index is 234. The molecule has 0 spiro atoms. The molecule has 0 aromatic rings. The van der Waals surface area contributed by atoms with Gasteiger partial charge in [0.2, 0.25) is 0 Å². The Kier molecular flexibility index (Phi) is 5.19. The molecule has 1 aliphatic carbocycles. The third-order valence-electron chi connectivity index (χ3n) is 3.60.